The topological polar surface area (TPSA) is 46.9 Å². The fraction of sp³-hybridized carbons (Fsp3) is 0.750. The molecule has 1 heterocycles. The third kappa shape index (κ3) is 3.41. The summed E-state index contributed by atoms with van der Waals surface area (Å²) in [5.74, 6) is 0.118. The lowest BCUT2D eigenvalue weighted by molar-refractivity contribution is -0.122. The van der Waals surface area contributed by atoms with Crippen molar-refractivity contribution in [1.29, 1.82) is 0 Å². The summed E-state index contributed by atoms with van der Waals surface area (Å²) in [5.41, 5.74) is 2.58. The van der Waals surface area contributed by atoms with E-state index in [-0.39, 0.29) is 5.91 Å². The van der Waals surface area contributed by atoms with Gasteiger partial charge in [-0.2, -0.15) is 5.10 Å². The Hall–Kier alpha value is -1.32. The molecule has 0 radical (unpaired) electrons. The summed E-state index contributed by atoms with van der Waals surface area (Å²) in [7, 11) is 0. The number of nitrogens with one attached hydrogen (secondary N) is 1. The van der Waals surface area contributed by atoms with Crippen LogP contribution >= 0.6 is 0 Å². The molecule has 2 aliphatic rings. The summed E-state index contributed by atoms with van der Waals surface area (Å²) in [4.78, 5) is 12.0. The minimum atomic E-state index is 0.118. The zero-order valence-corrected chi connectivity index (χ0v) is 12.2. The van der Waals surface area contributed by atoms with Gasteiger partial charge in [0, 0.05) is 12.2 Å². The van der Waals surface area contributed by atoms with Gasteiger partial charge in [-0.15, -0.1) is 0 Å². The van der Waals surface area contributed by atoms with Crippen LogP contribution in [-0.2, 0) is 24.2 Å². The monoisotopic (exact) mass is 275 g/mol. The van der Waals surface area contributed by atoms with Crippen molar-refractivity contribution in [2.75, 3.05) is 0 Å². The fourth-order valence-corrected chi connectivity index (χ4v) is 3.45. The number of rotatable bonds is 3. The van der Waals surface area contributed by atoms with E-state index >= 15 is 0 Å². The molecule has 4 nitrogen and oxygen atoms in total. The van der Waals surface area contributed by atoms with Crippen LogP contribution in [0.5, 0.6) is 0 Å². The fourth-order valence-electron chi connectivity index (χ4n) is 3.45. The van der Waals surface area contributed by atoms with Gasteiger partial charge in [0.05, 0.1) is 5.69 Å². The molecule has 2 aliphatic carbocycles. The van der Waals surface area contributed by atoms with Crippen molar-refractivity contribution < 1.29 is 4.79 Å². The molecule has 1 aromatic rings. The maximum absolute atomic E-state index is 12.0. The van der Waals surface area contributed by atoms with Crippen LogP contribution in [0.2, 0.25) is 0 Å². The van der Waals surface area contributed by atoms with Gasteiger partial charge in [0.25, 0.3) is 0 Å². The first kappa shape index (κ1) is 13.7. The quantitative estimate of drug-likeness (QED) is 0.921. The number of carbonyl (C=O) groups is 1. The highest BCUT2D eigenvalue weighted by atomic mass is 16.2. The van der Waals surface area contributed by atoms with Crippen LogP contribution in [0.4, 0.5) is 0 Å². The van der Waals surface area contributed by atoms with E-state index in [1.807, 2.05) is 4.68 Å². The minimum absolute atomic E-state index is 0.118. The highest BCUT2D eigenvalue weighted by molar-refractivity contribution is 5.76. The smallest absolute Gasteiger partial charge is 0.241 e. The molecule has 0 saturated heterocycles. The molecule has 1 saturated carbocycles. The van der Waals surface area contributed by atoms with Gasteiger partial charge >= 0.3 is 0 Å². The average molecular weight is 275 g/mol. The Morgan fingerprint density at radius 1 is 1.15 bits per heavy atom. The number of carbonyl (C=O) groups excluding carboxylic acids is 1. The van der Waals surface area contributed by atoms with E-state index in [9.17, 15) is 4.79 Å². The number of aromatic nitrogens is 2. The molecular formula is C16H25N3O. The normalized spacial score (nSPS) is 20.2. The number of amides is 1. The van der Waals surface area contributed by atoms with Gasteiger partial charge in [-0.3, -0.25) is 9.48 Å². The van der Waals surface area contributed by atoms with Gasteiger partial charge in [-0.25, -0.2) is 0 Å². The van der Waals surface area contributed by atoms with Gasteiger partial charge in [0.1, 0.15) is 6.54 Å². The summed E-state index contributed by atoms with van der Waals surface area (Å²) < 4.78 is 1.85. The molecule has 1 fully saturated rings. The Kier molecular flexibility index (Phi) is 4.38. The van der Waals surface area contributed by atoms with Gasteiger partial charge in [0.2, 0.25) is 5.91 Å². The molecule has 0 unspecified atom stereocenters. The Morgan fingerprint density at radius 3 is 2.70 bits per heavy atom. The molecule has 1 aromatic heterocycles. The van der Waals surface area contributed by atoms with E-state index in [1.165, 1.54) is 49.8 Å². The lowest BCUT2D eigenvalue weighted by Crippen LogP contribution is -2.35. The van der Waals surface area contributed by atoms with Gasteiger partial charge in [-0.1, -0.05) is 25.7 Å². The number of hydrogen-bond donors (Lipinski definition) is 1. The van der Waals surface area contributed by atoms with Crippen molar-refractivity contribution in [2.24, 2.45) is 0 Å². The molecule has 20 heavy (non-hydrogen) atoms. The molecule has 0 spiro atoms. The number of fused-ring (bicyclic) bond motifs is 1. The van der Waals surface area contributed by atoms with Gasteiger partial charge < -0.3 is 5.32 Å². The summed E-state index contributed by atoms with van der Waals surface area (Å²) >= 11 is 0. The first-order valence-corrected chi connectivity index (χ1v) is 8.16. The average Bonchev–Trinajstić information content (AvgIpc) is 3.00. The summed E-state index contributed by atoms with van der Waals surface area (Å²) in [6.45, 7) is 0.378. The van der Waals surface area contributed by atoms with E-state index in [4.69, 9.17) is 0 Å². The van der Waals surface area contributed by atoms with E-state index in [2.05, 4.69) is 16.6 Å². The predicted octanol–water partition coefficient (Wildman–Crippen LogP) is 2.60. The molecule has 0 aliphatic heterocycles. The first-order chi connectivity index (χ1) is 9.81. The van der Waals surface area contributed by atoms with Crippen LogP contribution in [0.1, 0.15) is 62.6 Å². The highest BCUT2D eigenvalue weighted by Gasteiger charge is 2.18. The molecule has 0 atom stereocenters. The lowest BCUT2D eigenvalue weighted by atomic mass is 9.99. The van der Waals surface area contributed by atoms with Crippen molar-refractivity contribution in [2.45, 2.75) is 76.8 Å². The molecule has 1 amide bonds. The van der Waals surface area contributed by atoms with Crippen LogP contribution in [0, 0.1) is 0 Å². The lowest BCUT2D eigenvalue weighted by Gasteiger charge is -2.11. The van der Waals surface area contributed by atoms with Crippen molar-refractivity contribution >= 4 is 5.91 Å². The van der Waals surface area contributed by atoms with Crippen LogP contribution < -0.4 is 5.32 Å². The third-order valence-electron chi connectivity index (χ3n) is 4.56. The van der Waals surface area contributed by atoms with Gasteiger partial charge in [-0.05, 0) is 44.1 Å². The zero-order valence-electron chi connectivity index (χ0n) is 12.2. The number of aryl methyl sites for hydroxylation is 2. The van der Waals surface area contributed by atoms with E-state index in [1.54, 1.807) is 0 Å². The standard InChI is InChI=1S/C16H25N3O/c20-16(17-14-8-5-6-9-14)12-19-11-13-7-3-1-2-4-10-15(13)18-19/h11,14H,1-10,12H2,(H,17,20). The first-order valence-electron chi connectivity index (χ1n) is 8.16. The molecule has 0 bridgehead atoms. The molecular weight excluding hydrogens is 250 g/mol. The van der Waals surface area contributed by atoms with Crippen molar-refractivity contribution in [3.8, 4) is 0 Å². The SMILES string of the molecule is O=C(Cn1cc2c(n1)CCCCCC2)NC1CCCC1. The molecule has 0 aromatic carbocycles. The third-order valence-corrected chi connectivity index (χ3v) is 4.56. The number of hydrogen-bond acceptors (Lipinski definition) is 2. The van der Waals surface area contributed by atoms with Gasteiger partial charge in [0.15, 0.2) is 0 Å². The van der Waals surface area contributed by atoms with Crippen LogP contribution in [0.3, 0.4) is 0 Å². The van der Waals surface area contributed by atoms with E-state index < -0.39 is 0 Å². The largest absolute Gasteiger partial charge is 0.352 e. The molecule has 1 N–H and O–H groups in total. The van der Waals surface area contributed by atoms with Crippen LogP contribution in [-0.4, -0.2) is 21.7 Å². The molecule has 110 valence electrons. The molecule has 4 heteroatoms. The van der Waals surface area contributed by atoms with Crippen LogP contribution in [0.25, 0.3) is 0 Å². The van der Waals surface area contributed by atoms with Crippen molar-refractivity contribution in [3.63, 3.8) is 0 Å². The maximum Gasteiger partial charge on any atom is 0.241 e. The van der Waals surface area contributed by atoms with Crippen LogP contribution in [0.15, 0.2) is 6.20 Å². The highest BCUT2D eigenvalue weighted by Crippen LogP contribution is 2.19. The Labute approximate surface area is 120 Å². The summed E-state index contributed by atoms with van der Waals surface area (Å²) in [5, 5.41) is 7.76. The Balaban J connectivity index is 1.59. The van der Waals surface area contributed by atoms with Crippen molar-refractivity contribution in [1.82, 2.24) is 15.1 Å². The Bertz CT molecular complexity index is 435. The predicted molar refractivity (Wildman–Crippen MR) is 78.5 cm³/mol. The summed E-state index contributed by atoms with van der Waals surface area (Å²) in [6.07, 6.45) is 14.2. The minimum Gasteiger partial charge on any atom is -0.352 e. The number of nitrogens with zero attached hydrogens (tertiary/aromatic N) is 2. The second kappa shape index (κ2) is 6.42. The van der Waals surface area contributed by atoms with E-state index in [0.717, 1.165) is 25.7 Å². The molecule has 3 rings (SSSR count). The second-order valence-electron chi connectivity index (χ2n) is 6.26. The maximum atomic E-state index is 12.0. The second-order valence-corrected chi connectivity index (χ2v) is 6.26. The van der Waals surface area contributed by atoms with E-state index in [0.29, 0.717) is 12.6 Å². The summed E-state index contributed by atoms with van der Waals surface area (Å²) in [6, 6.07) is 0.402. The Morgan fingerprint density at radius 2 is 1.90 bits per heavy atom. The van der Waals surface area contributed by atoms with Crippen molar-refractivity contribution in [3.05, 3.63) is 17.5 Å². The zero-order chi connectivity index (χ0) is 13.8.